The van der Waals surface area contributed by atoms with Crippen LogP contribution in [0.5, 0.6) is 11.5 Å². The molecule has 0 bridgehead atoms. The summed E-state index contributed by atoms with van der Waals surface area (Å²) in [5.74, 6) is 0.876. The maximum absolute atomic E-state index is 13.6. The van der Waals surface area contributed by atoms with E-state index in [2.05, 4.69) is 0 Å². The molecule has 1 aliphatic rings. The van der Waals surface area contributed by atoms with Crippen molar-refractivity contribution in [2.45, 2.75) is 20.1 Å². The van der Waals surface area contributed by atoms with Crippen LogP contribution in [-0.2, 0) is 18.0 Å². The highest BCUT2D eigenvalue weighted by Crippen LogP contribution is 2.30. The Hall–Kier alpha value is -2.40. The molecule has 0 aromatic heterocycles. The Morgan fingerprint density at radius 1 is 1.27 bits per heavy atom. The third kappa shape index (κ3) is 3.09. The van der Waals surface area contributed by atoms with E-state index in [4.69, 9.17) is 14.2 Å². The number of hydrogen-bond acceptors (Lipinski definition) is 4. The first kappa shape index (κ1) is 14.5. The largest absolute Gasteiger partial charge is 0.489 e. The van der Waals surface area contributed by atoms with Crippen molar-refractivity contribution in [3.05, 3.63) is 58.9 Å². The van der Waals surface area contributed by atoms with Gasteiger partial charge in [-0.15, -0.1) is 0 Å². The van der Waals surface area contributed by atoms with Gasteiger partial charge in [0.25, 0.3) is 0 Å². The second kappa shape index (κ2) is 6.15. The van der Waals surface area contributed by atoms with Crippen molar-refractivity contribution in [1.82, 2.24) is 0 Å². The normalized spacial score (nSPS) is 13.2. The van der Waals surface area contributed by atoms with Crippen molar-refractivity contribution in [2.75, 3.05) is 6.79 Å². The standard InChI is InChI=1S/C17H15FO4/c1-11(19)12-2-4-16(5-3-12)21-9-14-7-15(18)6-13-8-20-10-22-17(13)14/h2-7H,8-10H2,1H3. The molecule has 2 aromatic carbocycles. The first-order chi connectivity index (χ1) is 10.6. The second-order valence-electron chi connectivity index (χ2n) is 5.03. The van der Waals surface area contributed by atoms with Crippen LogP contribution >= 0.6 is 0 Å². The molecule has 114 valence electrons. The van der Waals surface area contributed by atoms with Crippen molar-refractivity contribution >= 4 is 5.78 Å². The van der Waals surface area contributed by atoms with Gasteiger partial charge in [0.05, 0.1) is 6.61 Å². The molecule has 5 heteroatoms. The number of halogens is 1. The SMILES string of the molecule is CC(=O)c1ccc(OCc2cc(F)cc3c2OCOC3)cc1. The third-order valence-electron chi connectivity index (χ3n) is 3.41. The molecule has 0 saturated carbocycles. The topological polar surface area (TPSA) is 44.8 Å². The highest BCUT2D eigenvalue weighted by atomic mass is 19.1. The van der Waals surface area contributed by atoms with Crippen molar-refractivity contribution in [3.63, 3.8) is 0 Å². The molecule has 0 saturated heterocycles. The van der Waals surface area contributed by atoms with E-state index in [1.807, 2.05) is 0 Å². The van der Waals surface area contributed by atoms with Gasteiger partial charge in [0.1, 0.15) is 23.9 Å². The van der Waals surface area contributed by atoms with Gasteiger partial charge in [-0.05, 0) is 43.3 Å². The molecule has 0 amide bonds. The van der Waals surface area contributed by atoms with E-state index in [9.17, 15) is 9.18 Å². The number of ketones is 1. The smallest absolute Gasteiger partial charge is 0.189 e. The Morgan fingerprint density at radius 3 is 2.77 bits per heavy atom. The molecule has 0 N–H and O–H groups in total. The lowest BCUT2D eigenvalue weighted by atomic mass is 10.1. The highest BCUT2D eigenvalue weighted by molar-refractivity contribution is 5.94. The van der Waals surface area contributed by atoms with E-state index in [0.717, 1.165) is 0 Å². The Morgan fingerprint density at radius 2 is 2.05 bits per heavy atom. The fourth-order valence-corrected chi connectivity index (χ4v) is 2.31. The molecular formula is C17H15FO4. The van der Waals surface area contributed by atoms with Gasteiger partial charge in [0.2, 0.25) is 0 Å². The Bertz CT molecular complexity index is 695. The fourth-order valence-electron chi connectivity index (χ4n) is 2.31. The summed E-state index contributed by atoms with van der Waals surface area (Å²) < 4.78 is 29.8. The summed E-state index contributed by atoms with van der Waals surface area (Å²) in [5, 5.41) is 0. The Balaban J connectivity index is 1.76. The number of carbonyl (C=O) groups is 1. The number of ether oxygens (including phenoxy) is 3. The molecule has 1 aliphatic heterocycles. The summed E-state index contributed by atoms with van der Waals surface area (Å²) >= 11 is 0. The minimum Gasteiger partial charge on any atom is -0.489 e. The monoisotopic (exact) mass is 302 g/mol. The predicted molar refractivity (Wildman–Crippen MR) is 77.5 cm³/mol. The molecule has 3 rings (SSSR count). The van der Waals surface area contributed by atoms with Crippen LogP contribution in [0, 0.1) is 5.82 Å². The van der Waals surface area contributed by atoms with Gasteiger partial charge in [0.15, 0.2) is 12.6 Å². The van der Waals surface area contributed by atoms with Crippen molar-refractivity contribution in [2.24, 2.45) is 0 Å². The lowest BCUT2D eigenvalue weighted by molar-refractivity contribution is -0.0178. The maximum Gasteiger partial charge on any atom is 0.189 e. The van der Waals surface area contributed by atoms with Gasteiger partial charge >= 0.3 is 0 Å². The van der Waals surface area contributed by atoms with Crippen LogP contribution in [0.2, 0.25) is 0 Å². The first-order valence-corrected chi connectivity index (χ1v) is 6.89. The van der Waals surface area contributed by atoms with E-state index < -0.39 is 0 Å². The molecule has 0 atom stereocenters. The zero-order valence-corrected chi connectivity index (χ0v) is 12.1. The van der Waals surface area contributed by atoms with Crippen molar-refractivity contribution in [3.8, 4) is 11.5 Å². The van der Waals surface area contributed by atoms with E-state index in [1.165, 1.54) is 19.1 Å². The lowest BCUT2D eigenvalue weighted by Gasteiger charge is -2.21. The van der Waals surface area contributed by atoms with E-state index in [-0.39, 0.29) is 25.0 Å². The molecule has 0 fully saturated rings. The van der Waals surface area contributed by atoms with Crippen LogP contribution in [0.1, 0.15) is 28.4 Å². The van der Waals surface area contributed by atoms with Gasteiger partial charge < -0.3 is 14.2 Å². The van der Waals surface area contributed by atoms with Crippen LogP contribution in [0.25, 0.3) is 0 Å². The summed E-state index contributed by atoms with van der Waals surface area (Å²) in [6.07, 6.45) is 0. The zero-order chi connectivity index (χ0) is 15.5. The molecular weight excluding hydrogens is 287 g/mol. The molecule has 0 unspecified atom stereocenters. The summed E-state index contributed by atoms with van der Waals surface area (Å²) in [7, 11) is 0. The van der Waals surface area contributed by atoms with Gasteiger partial charge in [-0.25, -0.2) is 4.39 Å². The Kier molecular flexibility index (Phi) is 4.06. The van der Waals surface area contributed by atoms with Crippen LogP contribution in [0.15, 0.2) is 36.4 Å². The van der Waals surface area contributed by atoms with Crippen molar-refractivity contribution in [1.29, 1.82) is 0 Å². The number of Topliss-reactive ketones (excluding diaryl/α,β-unsaturated/α-hetero) is 1. The summed E-state index contributed by atoms with van der Waals surface area (Å²) in [6.45, 7) is 2.17. The van der Waals surface area contributed by atoms with Crippen LogP contribution in [0.3, 0.4) is 0 Å². The second-order valence-corrected chi connectivity index (χ2v) is 5.03. The average molecular weight is 302 g/mol. The first-order valence-electron chi connectivity index (χ1n) is 6.89. The maximum atomic E-state index is 13.6. The number of fused-ring (bicyclic) bond motifs is 1. The zero-order valence-electron chi connectivity index (χ0n) is 12.1. The quantitative estimate of drug-likeness (QED) is 0.811. The van der Waals surface area contributed by atoms with Gasteiger partial charge in [-0.1, -0.05) is 0 Å². The molecule has 4 nitrogen and oxygen atoms in total. The molecule has 22 heavy (non-hydrogen) atoms. The summed E-state index contributed by atoms with van der Waals surface area (Å²) in [6, 6.07) is 9.62. The third-order valence-corrected chi connectivity index (χ3v) is 3.41. The van der Waals surface area contributed by atoms with E-state index in [1.54, 1.807) is 24.3 Å². The molecule has 0 spiro atoms. The summed E-state index contributed by atoms with van der Waals surface area (Å²) in [4.78, 5) is 11.2. The molecule has 1 heterocycles. The van der Waals surface area contributed by atoms with E-state index in [0.29, 0.717) is 34.8 Å². The van der Waals surface area contributed by atoms with Gasteiger partial charge in [-0.2, -0.15) is 0 Å². The number of benzene rings is 2. The van der Waals surface area contributed by atoms with Gasteiger partial charge in [-0.3, -0.25) is 4.79 Å². The minimum atomic E-state index is -0.349. The fraction of sp³-hybridized carbons (Fsp3) is 0.235. The van der Waals surface area contributed by atoms with Crippen LogP contribution in [0.4, 0.5) is 4.39 Å². The minimum absolute atomic E-state index is 0.000787. The number of carbonyl (C=O) groups excluding carboxylic acids is 1. The lowest BCUT2D eigenvalue weighted by Crippen LogP contribution is -2.14. The highest BCUT2D eigenvalue weighted by Gasteiger charge is 2.17. The Labute approximate surface area is 127 Å². The molecule has 2 aromatic rings. The van der Waals surface area contributed by atoms with Crippen LogP contribution in [-0.4, -0.2) is 12.6 Å². The van der Waals surface area contributed by atoms with Gasteiger partial charge in [0, 0.05) is 16.7 Å². The number of rotatable bonds is 4. The van der Waals surface area contributed by atoms with Crippen molar-refractivity contribution < 1.29 is 23.4 Å². The molecule has 0 aliphatic carbocycles. The molecule has 0 radical (unpaired) electrons. The average Bonchev–Trinajstić information content (AvgIpc) is 2.52. The van der Waals surface area contributed by atoms with E-state index >= 15 is 0 Å². The number of hydrogen-bond donors (Lipinski definition) is 0. The van der Waals surface area contributed by atoms with Crippen LogP contribution < -0.4 is 9.47 Å². The summed E-state index contributed by atoms with van der Waals surface area (Å²) in [5.41, 5.74) is 1.93. The predicted octanol–water partition coefficient (Wildman–Crippen LogP) is 3.47.